The van der Waals surface area contributed by atoms with Crippen LogP contribution in [0.5, 0.6) is 0 Å². The molecule has 0 N–H and O–H groups in total. The van der Waals surface area contributed by atoms with Crippen LogP contribution in [0.15, 0.2) is 94.3 Å². The second-order valence-corrected chi connectivity index (χ2v) is 9.54. The number of nitrogens with zero attached hydrogens (tertiary/aromatic N) is 6. The first-order valence-corrected chi connectivity index (χ1v) is 12.3. The fourth-order valence-electron chi connectivity index (χ4n) is 4.93. The third kappa shape index (κ3) is 4.12. The Bertz CT molecular complexity index is 1500. The molecule has 1 saturated heterocycles. The van der Waals surface area contributed by atoms with Gasteiger partial charge in [-0.3, -0.25) is 19.4 Å². The zero-order valence-corrected chi connectivity index (χ0v) is 20.6. The first-order chi connectivity index (χ1) is 18.4. The van der Waals surface area contributed by atoms with Crippen LogP contribution >= 0.6 is 11.6 Å². The summed E-state index contributed by atoms with van der Waals surface area (Å²) in [5.74, 6) is -2.22. The highest BCUT2D eigenvalue weighted by Gasteiger charge is 2.55. The molecule has 3 aliphatic heterocycles. The number of hydrogen-bond donors (Lipinski definition) is 0. The molecule has 190 valence electrons. The smallest absolute Gasteiger partial charge is 0.264 e. The molecule has 1 fully saturated rings. The molecule has 3 heterocycles. The second kappa shape index (κ2) is 9.46. The van der Waals surface area contributed by atoms with Crippen molar-refractivity contribution in [1.82, 2.24) is 10.0 Å². The van der Waals surface area contributed by atoms with E-state index in [1.165, 1.54) is 28.2 Å². The monoisotopic (exact) mass is 530 g/mol. The molecule has 38 heavy (non-hydrogen) atoms. The molecule has 0 aromatic heterocycles. The lowest BCUT2D eigenvalue weighted by Crippen LogP contribution is -2.44. The molecule has 3 amide bonds. The lowest BCUT2D eigenvalue weighted by atomic mass is 9.98. The Morgan fingerprint density at radius 2 is 1.74 bits per heavy atom. The largest absolute Gasteiger partial charge is 0.271 e. The molecule has 3 aromatic rings. The summed E-state index contributed by atoms with van der Waals surface area (Å²) < 4.78 is 13.8. The molecule has 3 aliphatic rings. The Hall–Kier alpha value is -4.44. The molecule has 0 aliphatic carbocycles. The molecule has 0 radical (unpaired) electrons. The quantitative estimate of drug-likeness (QED) is 0.463. The first-order valence-electron chi connectivity index (χ1n) is 11.9. The number of anilines is 1. The molecule has 0 unspecified atom stereocenters. The molecule has 9 nitrogen and oxygen atoms in total. The van der Waals surface area contributed by atoms with Crippen LogP contribution in [-0.2, 0) is 14.4 Å². The van der Waals surface area contributed by atoms with E-state index in [2.05, 4.69) is 15.4 Å². The van der Waals surface area contributed by atoms with Crippen LogP contribution in [0, 0.1) is 5.82 Å². The van der Waals surface area contributed by atoms with Gasteiger partial charge in [-0.1, -0.05) is 65.4 Å². The van der Waals surface area contributed by atoms with Crippen molar-refractivity contribution < 1.29 is 18.8 Å². The van der Waals surface area contributed by atoms with Crippen molar-refractivity contribution in [2.45, 2.75) is 24.5 Å². The Morgan fingerprint density at radius 1 is 0.974 bits per heavy atom. The number of hydrogen-bond acceptors (Lipinski definition) is 7. The van der Waals surface area contributed by atoms with Crippen LogP contribution in [0.3, 0.4) is 0 Å². The highest BCUT2D eigenvalue weighted by atomic mass is 35.5. The van der Waals surface area contributed by atoms with Crippen LogP contribution in [0.25, 0.3) is 0 Å². The van der Waals surface area contributed by atoms with Crippen LogP contribution < -0.4 is 4.90 Å². The zero-order valence-electron chi connectivity index (χ0n) is 19.8. The van der Waals surface area contributed by atoms with E-state index in [1.807, 2.05) is 42.5 Å². The molecule has 11 heteroatoms. The fourth-order valence-corrected chi connectivity index (χ4v) is 5.05. The number of halogens is 2. The summed E-state index contributed by atoms with van der Waals surface area (Å²) in [5, 5.41) is 15.8. The van der Waals surface area contributed by atoms with Crippen molar-refractivity contribution >= 4 is 40.7 Å². The maximum Gasteiger partial charge on any atom is 0.264 e. The van der Waals surface area contributed by atoms with Crippen LogP contribution in [0.1, 0.15) is 23.6 Å². The first kappa shape index (κ1) is 23.9. The minimum Gasteiger partial charge on any atom is -0.271 e. The zero-order chi connectivity index (χ0) is 26.4. The normalized spacial score (nSPS) is 22.3. The molecular weight excluding hydrogens is 511 g/mol. The van der Waals surface area contributed by atoms with Gasteiger partial charge in [-0.15, -0.1) is 0 Å². The van der Waals surface area contributed by atoms with Crippen molar-refractivity contribution in [3.8, 4) is 0 Å². The Balaban J connectivity index is 1.26. The average Bonchev–Trinajstić information content (AvgIpc) is 3.60. The van der Waals surface area contributed by atoms with Gasteiger partial charge in [-0.2, -0.15) is 10.2 Å². The van der Waals surface area contributed by atoms with Gasteiger partial charge in [0.15, 0.2) is 12.1 Å². The lowest BCUT2D eigenvalue weighted by molar-refractivity contribution is -0.135. The Morgan fingerprint density at radius 3 is 2.47 bits per heavy atom. The van der Waals surface area contributed by atoms with E-state index in [1.54, 1.807) is 12.1 Å². The highest BCUT2D eigenvalue weighted by Crippen LogP contribution is 2.35. The minimum atomic E-state index is -1.10. The number of benzene rings is 3. The fraction of sp³-hybridized carbons (Fsp3) is 0.185. The maximum atomic E-state index is 13.8. The van der Waals surface area contributed by atoms with E-state index in [9.17, 15) is 18.8 Å². The van der Waals surface area contributed by atoms with E-state index in [0.717, 1.165) is 22.1 Å². The molecule has 0 saturated carbocycles. The van der Waals surface area contributed by atoms with Crippen LogP contribution in [-0.4, -0.2) is 52.1 Å². The van der Waals surface area contributed by atoms with Crippen molar-refractivity contribution in [2.24, 2.45) is 15.4 Å². The number of carbonyl (C=O) groups excluding carboxylic acids is 3. The van der Waals surface area contributed by atoms with E-state index in [-0.39, 0.29) is 18.3 Å². The summed E-state index contributed by atoms with van der Waals surface area (Å²) in [6.45, 7) is -0.318. The third-order valence-corrected chi connectivity index (χ3v) is 7.00. The molecule has 3 atom stereocenters. The SMILES string of the molecule is O=C1[C@H]2N=NN(CC(=O)N3N=C(c4ccc(Cl)cc4)C[C@H]3c3ccccc3)[C@H]2C(=O)N1c1cccc(F)c1. The minimum absolute atomic E-state index is 0.108. The van der Waals surface area contributed by atoms with E-state index in [4.69, 9.17) is 11.6 Å². The van der Waals surface area contributed by atoms with Gasteiger partial charge in [-0.05, 0) is 41.5 Å². The lowest BCUT2D eigenvalue weighted by Gasteiger charge is -2.25. The number of amides is 3. The molecular formula is C27H20ClFN6O3. The molecule has 0 spiro atoms. The summed E-state index contributed by atoms with van der Waals surface area (Å²) in [6.07, 6.45) is 0.482. The number of hydrazone groups is 1. The Labute approximate surface area is 221 Å². The summed E-state index contributed by atoms with van der Waals surface area (Å²) in [4.78, 5) is 40.6. The van der Waals surface area contributed by atoms with Crippen molar-refractivity contribution in [1.29, 1.82) is 0 Å². The number of imide groups is 1. The maximum absolute atomic E-state index is 13.8. The average molecular weight is 531 g/mol. The third-order valence-electron chi connectivity index (χ3n) is 6.75. The predicted molar refractivity (Wildman–Crippen MR) is 137 cm³/mol. The van der Waals surface area contributed by atoms with Crippen LogP contribution in [0.2, 0.25) is 5.02 Å². The van der Waals surface area contributed by atoms with Gasteiger partial charge in [0, 0.05) is 11.4 Å². The number of fused-ring (bicyclic) bond motifs is 1. The Kier molecular flexibility index (Phi) is 5.96. The van der Waals surface area contributed by atoms with Gasteiger partial charge in [0.1, 0.15) is 12.4 Å². The summed E-state index contributed by atoms with van der Waals surface area (Å²) in [7, 11) is 0. The second-order valence-electron chi connectivity index (χ2n) is 9.11. The van der Waals surface area contributed by atoms with Gasteiger partial charge in [0.05, 0.1) is 17.4 Å². The van der Waals surface area contributed by atoms with Gasteiger partial charge in [0.25, 0.3) is 17.7 Å². The van der Waals surface area contributed by atoms with Gasteiger partial charge in [0.2, 0.25) is 0 Å². The van der Waals surface area contributed by atoms with Crippen molar-refractivity contribution in [3.05, 3.63) is 101 Å². The van der Waals surface area contributed by atoms with Gasteiger partial charge in [-0.25, -0.2) is 14.3 Å². The summed E-state index contributed by atoms with van der Waals surface area (Å²) in [6, 6.07) is 19.4. The number of carbonyl (C=O) groups is 3. The van der Waals surface area contributed by atoms with E-state index >= 15 is 0 Å². The molecule has 3 aromatic carbocycles. The van der Waals surface area contributed by atoms with E-state index in [0.29, 0.717) is 17.2 Å². The summed E-state index contributed by atoms with van der Waals surface area (Å²) >= 11 is 6.04. The van der Waals surface area contributed by atoms with Crippen LogP contribution in [0.4, 0.5) is 10.1 Å². The van der Waals surface area contributed by atoms with Gasteiger partial charge >= 0.3 is 0 Å². The summed E-state index contributed by atoms with van der Waals surface area (Å²) in [5.41, 5.74) is 2.57. The van der Waals surface area contributed by atoms with E-state index < -0.39 is 35.6 Å². The molecule has 0 bridgehead atoms. The predicted octanol–water partition coefficient (Wildman–Crippen LogP) is 4.15. The van der Waals surface area contributed by atoms with Gasteiger partial charge < -0.3 is 0 Å². The standard InChI is InChI=1S/C27H20ClFN6O3/c28-18-11-9-16(10-12-18)21-14-22(17-5-2-1-3-6-17)35(31-21)23(36)15-33-25-24(30-32-33)26(37)34(27(25)38)20-8-4-7-19(29)13-20/h1-13,22,24-25H,14-15H2/t22-,24-,25+/m0/s1. The van der Waals surface area contributed by atoms with Crippen molar-refractivity contribution in [2.75, 3.05) is 11.4 Å². The topological polar surface area (TPSA) is 98.0 Å². The van der Waals surface area contributed by atoms with Crippen molar-refractivity contribution in [3.63, 3.8) is 0 Å². The number of rotatable bonds is 5. The molecule has 6 rings (SSSR count). The highest BCUT2D eigenvalue weighted by molar-refractivity contribution is 6.30.